The lowest BCUT2D eigenvalue weighted by molar-refractivity contribution is 0.199. The number of hydrogen-bond donors (Lipinski definition) is 2. The van der Waals surface area contributed by atoms with E-state index in [-0.39, 0.29) is 0 Å². The van der Waals surface area contributed by atoms with Gasteiger partial charge in [-0.3, -0.25) is 0 Å². The maximum Gasteiger partial charge on any atom is 0.416 e. The van der Waals surface area contributed by atoms with Crippen LogP contribution in [0.1, 0.15) is 0 Å². The molecule has 0 fully saturated rings. The standard InChI is InChI=1S/C4H5NO3/c1-8-3-2-5-4(6)7/h5H,1H3,(H,6,7). The zero-order valence-corrected chi connectivity index (χ0v) is 4.26. The van der Waals surface area contributed by atoms with Gasteiger partial charge in [-0.25, -0.2) is 10.1 Å². The van der Waals surface area contributed by atoms with Crippen LogP contribution < -0.4 is 5.32 Å². The van der Waals surface area contributed by atoms with Crippen LogP contribution in [-0.2, 0) is 4.74 Å². The monoisotopic (exact) mass is 115 g/mol. The van der Waals surface area contributed by atoms with Crippen LogP contribution in [0.4, 0.5) is 4.79 Å². The van der Waals surface area contributed by atoms with Gasteiger partial charge in [-0.2, -0.15) is 0 Å². The molecule has 44 valence electrons. The highest BCUT2D eigenvalue weighted by atomic mass is 16.5. The van der Waals surface area contributed by atoms with Gasteiger partial charge in [-0.05, 0) is 0 Å². The van der Waals surface area contributed by atoms with Crippen molar-refractivity contribution in [2.24, 2.45) is 0 Å². The molecule has 0 unspecified atom stereocenters. The van der Waals surface area contributed by atoms with Gasteiger partial charge in [-0.1, -0.05) is 0 Å². The molecule has 0 heterocycles. The number of nitrogens with one attached hydrogen (secondary N) is 1. The first-order valence-corrected chi connectivity index (χ1v) is 1.79. The van der Waals surface area contributed by atoms with Crippen molar-refractivity contribution >= 4 is 6.09 Å². The van der Waals surface area contributed by atoms with Crippen molar-refractivity contribution in [3.8, 4) is 12.2 Å². The van der Waals surface area contributed by atoms with Gasteiger partial charge < -0.3 is 9.84 Å². The summed E-state index contributed by atoms with van der Waals surface area (Å²) in [7, 11) is 1.34. The predicted octanol–water partition coefficient (Wildman–Crippen LogP) is -0.181. The predicted molar refractivity (Wildman–Crippen MR) is 25.9 cm³/mol. The molecule has 0 bridgehead atoms. The molecule has 0 radical (unpaired) electrons. The quantitative estimate of drug-likeness (QED) is 0.340. The van der Waals surface area contributed by atoms with Gasteiger partial charge in [0.1, 0.15) is 6.11 Å². The summed E-state index contributed by atoms with van der Waals surface area (Å²) >= 11 is 0. The van der Waals surface area contributed by atoms with E-state index in [9.17, 15) is 4.79 Å². The van der Waals surface area contributed by atoms with Crippen molar-refractivity contribution in [2.45, 2.75) is 0 Å². The van der Waals surface area contributed by atoms with Crippen molar-refractivity contribution in [1.82, 2.24) is 5.32 Å². The zero-order valence-electron chi connectivity index (χ0n) is 4.26. The molecule has 0 aromatic rings. The van der Waals surface area contributed by atoms with Crippen molar-refractivity contribution in [2.75, 3.05) is 7.11 Å². The highest BCUT2D eigenvalue weighted by molar-refractivity contribution is 5.66. The molecule has 0 aliphatic heterocycles. The smallest absolute Gasteiger partial charge is 0.416 e. The molecule has 4 heteroatoms. The van der Waals surface area contributed by atoms with E-state index in [0.717, 1.165) is 0 Å². The van der Waals surface area contributed by atoms with Gasteiger partial charge in [-0.15, -0.1) is 0 Å². The summed E-state index contributed by atoms with van der Waals surface area (Å²) in [6.07, 6.45) is 0.852. The average molecular weight is 115 g/mol. The summed E-state index contributed by atoms with van der Waals surface area (Å²) in [4.78, 5) is 9.60. The van der Waals surface area contributed by atoms with Crippen molar-refractivity contribution in [3.05, 3.63) is 0 Å². The normalized spacial score (nSPS) is 6.12. The van der Waals surface area contributed by atoms with Crippen molar-refractivity contribution in [3.63, 3.8) is 0 Å². The molecule has 0 rings (SSSR count). The van der Waals surface area contributed by atoms with E-state index in [1.54, 1.807) is 5.32 Å². The Morgan fingerprint density at radius 3 is 2.88 bits per heavy atom. The third kappa shape index (κ3) is 4.63. The van der Waals surface area contributed by atoms with E-state index in [0.29, 0.717) is 0 Å². The van der Waals surface area contributed by atoms with Crippen LogP contribution in [0.3, 0.4) is 0 Å². The van der Waals surface area contributed by atoms with Crippen LogP contribution in [0.25, 0.3) is 0 Å². The molecule has 0 saturated heterocycles. The summed E-state index contributed by atoms with van der Waals surface area (Å²) < 4.78 is 4.21. The van der Waals surface area contributed by atoms with Crippen LogP contribution in [0.15, 0.2) is 0 Å². The Labute approximate surface area is 46.5 Å². The summed E-state index contributed by atoms with van der Waals surface area (Å²) in [6, 6.07) is 2.01. The van der Waals surface area contributed by atoms with Gasteiger partial charge in [0.05, 0.1) is 13.2 Å². The first-order chi connectivity index (χ1) is 3.77. The fourth-order valence-corrected chi connectivity index (χ4v) is 0.130. The molecular formula is C4H5NO3. The molecule has 1 amide bonds. The minimum atomic E-state index is -1.19. The fraction of sp³-hybridized carbons (Fsp3) is 0.250. The van der Waals surface area contributed by atoms with Gasteiger partial charge in [0.15, 0.2) is 0 Å². The van der Waals surface area contributed by atoms with E-state index < -0.39 is 6.09 Å². The van der Waals surface area contributed by atoms with E-state index >= 15 is 0 Å². The first-order valence-electron chi connectivity index (χ1n) is 1.79. The lowest BCUT2D eigenvalue weighted by Crippen LogP contribution is -2.13. The Balaban J connectivity index is 3.29. The number of methoxy groups -OCH3 is 1. The molecule has 0 aromatic carbocycles. The molecule has 0 aliphatic rings. The fourth-order valence-electron chi connectivity index (χ4n) is 0.130. The van der Waals surface area contributed by atoms with Gasteiger partial charge >= 0.3 is 6.09 Å². The summed E-state index contributed by atoms with van der Waals surface area (Å²) in [5, 5.41) is 9.65. The molecule has 0 saturated carbocycles. The van der Waals surface area contributed by atoms with E-state index in [4.69, 9.17) is 5.11 Å². The Morgan fingerprint density at radius 1 is 1.88 bits per heavy atom. The van der Waals surface area contributed by atoms with Crippen LogP contribution in [-0.4, -0.2) is 18.3 Å². The van der Waals surface area contributed by atoms with Crippen LogP contribution in [0.5, 0.6) is 0 Å². The molecule has 4 nitrogen and oxygen atoms in total. The molecule has 0 atom stereocenters. The topological polar surface area (TPSA) is 58.6 Å². The molecule has 2 N–H and O–H groups in total. The number of carbonyl (C=O) groups is 1. The number of amides is 1. The number of hydrogen-bond acceptors (Lipinski definition) is 2. The first kappa shape index (κ1) is 6.63. The summed E-state index contributed by atoms with van der Waals surface area (Å²) in [6.45, 7) is 0. The molecular weight excluding hydrogens is 110 g/mol. The maximum atomic E-state index is 9.60. The lowest BCUT2D eigenvalue weighted by atomic mass is 11.0. The van der Waals surface area contributed by atoms with Crippen LogP contribution in [0.2, 0.25) is 0 Å². The van der Waals surface area contributed by atoms with E-state index in [2.05, 4.69) is 4.74 Å². The Bertz CT molecular complexity index is 132. The van der Waals surface area contributed by atoms with Crippen molar-refractivity contribution < 1.29 is 14.6 Å². The minimum absolute atomic E-state index is 1.19. The minimum Gasteiger partial charge on any atom is -0.464 e. The van der Waals surface area contributed by atoms with E-state index in [1.165, 1.54) is 7.11 Å². The Morgan fingerprint density at radius 2 is 2.50 bits per heavy atom. The third-order valence-corrected chi connectivity index (χ3v) is 0.323. The van der Waals surface area contributed by atoms with Gasteiger partial charge in [0.25, 0.3) is 0 Å². The van der Waals surface area contributed by atoms with Crippen LogP contribution in [0, 0.1) is 12.2 Å². The van der Waals surface area contributed by atoms with Crippen LogP contribution >= 0.6 is 0 Å². The molecule has 0 aliphatic carbocycles. The number of carboxylic acid groups (broad SMARTS) is 1. The Kier molecular flexibility index (Phi) is 3.16. The maximum absolute atomic E-state index is 9.60. The molecule has 8 heavy (non-hydrogen) atoms. The van der Waals surface area contributed by atoms with Gasteiger partial charge in [0.2, 0.25) is 0 Å². The number of rotatable bonds is 0. The summed E-state index contributed by atoms with van der Waals surface area (Å²) in [5.41, 5.74) is 0. The Hall–Kier alpha value is -1.37. The zero-order chi connectivity index (χ0) is 6.41. The number of ether oxygens (including phenoxy) is 1. The highest BCUT2D eigenvalue weighted by Crippen LogP contribution is 1.55. The van der Waals surface area contributed by atoms with Crippen molar-refractivity contribution in [1.29, 1.82) is 0 Å². The second-order valence-corrected chi connectivity index (χ2v) is 0.861. The molecule has 0 spiro atoms. The SMILES string of the molecule is COC#CNC(=O)O. The third-order valence-electron chi connectivity index (χ3n) is 0.323. The average Bonchev–Trinajstić information content (AvgIpc) is 1.66. The largest absolute Gasteiger partial charge is 0.464 e. The van der Waals surface area contributed by atoms with E-state index in [1.807, 2.05) is 12.2 Å². The van der Waals surface area contributed by atoms with Gasteiger partial charge in [0, 0.05) is 0 Å². The highest BCUT2D eigenvalue weighted by Gasteiger charge is 1.82. The second-order valence-electron chi connectivity index (χ2n) is 0.861. The summed E-state index contributed by atoms with van der Waals surface area (Å²) in [5.74, 6) is 0. The molecule has 0 aromatic heterocycles. The second kappa shape index (κ2) is 3.81. The lowest BCUT2D eigenvalue weighted by Gasteiger charge is -1.81.